The largest absolute Gasteiger partial charge is 0.493 e. The Labute approximate surface area is 254 Å². The third kappa shape index (κ3) is 6.91. The third-order valence-electron chi connectivity index (χ3n) is 9.05. The minimum Gasteiger partial charge on any atom is -0.493 e. The van der Waals surface area contributed by atoms with E-state index in [2.05, 4.69) is 6.07 Å². The molecule has 0 spiro atoms. The van der Waals surface area contributed by atoms with Crippen LogP contribution in [-0.2, 0) is 28.0 Å². The summed E-state index contributed by atoms with van der Waals surface area (Å²) in [5.41, 5.74) is 2.22. The summed E-state index contributed by atoms with van der Waals surface area (Å²) in [6.07, 6.45) is 6.79. The van der Waals surface area contributed by atoms with Gasteiger partial charge in [0.05, 0.1) is 44.8 Å². The molecule has 5 rings (SSSR count). The van der Waals surface area contributed by atoms with E-state index in [1.807, 2.05) is 66.7 Å². The molecule has 0 saturated heterocycles. The molecule has 2 aliphatic carbocycles. The van der Waals surface area contributed by atoms with E-state index in [0.717, 1.165) is 42.4 Å². The maximum absolute atomic E-state index is 12.9. The van der Waals surface area contributed by atoms with Gasteiger partial charge in [0.15, 0.2) is 23.0 Å². The Morgan fingerprint density at radius 2 is 1.60 bits per heavy atom. The molecule has 0 aliphatic heterocycles. The van der Waals surface area contributed by atoms with Gasteiger partial charge in [0.2, 0.25) is 0 Å². The highest BCUT2D eigenvalue weighted by Gasteiger charge is 2.45. The maximum atomic E-state index is 12.9. The fourth-order valence-corrected chi connectivity index (χ4v) is 6.68. The number of rotatable bonds is 11. The first-order valence-electron chi connectivity index (χ1n) is 15.2. The van der Waals surface area contributed by atoms with Crippen LogP contribution < -0.4 is 18.9 Å². The van der Waals surface area contributed by atoms with Crippen LogP contribution in [0.15, 0.2) is 66.7 Å². The lowest BCUT2D eigenvalue weighted by atomic mass is 9.62. The average Bonchev–Trinajstić information content (AvgIpc) is 3.57. The Bertz CT molecular complexity index is 1430. The van der Waals surface area contributed by atoms with Gasteiger partial charge < -0.3 is 23.7 Å². The van der Waals surface area contributed by atoms with Gasteiger partial charge in [0.1, 0.15) is 6.61 Å². The number of benzene rings is 3. The quantitative estimate of drug-likeness (QED) is 0.221. The molecule has 0 heterocycles. The zero-order valence-electron chi connectivity index (χ0n) is 25.3. The summed E-state index contributed by atoms with van der Waals surface area (Å²) in [5, 5.41) is 10.7. The molecule has 3 unspecified atom stereocenters. The summed E-state index contributed by atoms with van der Waals surface area (Å²) in [6, 6.07) is 24.4. The van der Waals surface area contributed by atoms with Crippen LogP contribution in [0.4, 0.5) is 0 Å². The summed E-state index contributed by atoms with van der Waals surface area (Å²) in [4.78, 5) is 12.9. The molecule has 0 bridgehead atoms. The molecule has 2 saturated carbocycles. The lowest BCUT2D eigenvalue weighted by Gasteiger charge is -2.40. The van der Waals surface area contributed by atoms with Gasteiger partial charge in [-0.15, -0.1) is 0 Å². The molecule has 3 aromatic rings. The van der Waals surface area contributed by atoms with Crippen molar-refractivity contribution in [3.05, 3.63) is 83.4 Å². The highest BCUT2D eigenvalue weighted by molar-refractivity contribution is 5.73. The van der Waals surface area contributed by atoms with E-state index in [0.29, 0.717) is 55.3 Å². The van der Waals surface area contributed by atoms with Gasteiger partial charge in [-0.25, -0.2) is 0 Å². The zero-order chi connectivity index (χ0) is 30.2. The van der Waals surface area contributed by atoms with Crippen molar-refractivity contribution in [3.63, 3.8) is 0 Å². The smallest absolute Gasteiger partial charge is 0.308 e. The van der Waals surface area contributed by atoms with Crippen LogP contribution in [0, 0.1) is 23.2 Å². The zero-order valence-corrected chi connectivity index (χ0v) is 25.3. The SMILES string of the molecule is COC(=O)C1CCC(C#N)(c2ccc(OC)c(OC3CCCC3)c2)CC1Cc1ccc(OCc2ccccc2)c(OC)c1. The lowest BCUT2D eigenvalue weighted by Crippen LogP contribution is -2.40. The van der Waals surface area contributed by atoms with Crippen molar-refractivity contribution >= 4 is 5.97 Å². The highest BCUT2D eigenvalue weighted by atomic mass is 16.5. The van der Waals surface area contributed by atoms with Crippen molar-refractivity contribution in [1.82, 2.24) is 0 Å². The normalized spacial score (nSPS) is 21.9. The number of nitriles is 1. The molecule has 0 amide bonds. The Morgan fingerprint density at radius 3 is 2.30 bits per heavy atom. The van der Waals surface area contributed by atoms with Crippen molar-refractivity contribution in [2.45, 2.75) is 69.5 Å². The molecule has 0 aromatic heterocycles. The number of hydrogen-bond acceptors (Lipinski definition) is 7. The topological polar surface area (TPSA) is 87.0 Å². The number of ether oxygens (including phenoxy) is 5. The van der Waals surface area contributed by atoms with Gasteiger partial charge >= 0.3 is 5.97 Å². The first-order chi connectivity index (χ1) is 21.0. The van der Waals surface area contributed by atoms with Crippen molar-refractivity contribution in [3.8, 4) is 29.1 Å². The van der Waals surface area contributed by atoms with E-state index in [9.17, 15) is 10.1 Å². The van der Waals surface area contributed by atoms with Crippen molar-refractivity contribution < 1.29 is 28.5 Å². The molecule has 43 heavy (non-hydrogen) atoms. The van der Waals surface area contributed by atoms with Crippen molar-refractivity contribution in [2.75, 3.05) is 21.3 Å². The molecular formula is C36H41NO6. The van der Waals surface area contributed by atoms with Crippen molar-refractivity contribution in [2.24, 2.45) is 11.8 Å². The van der Waals surface area contributed by atoms with Crippen LogP contribution >= 0.6 is 0 Å². The predicted molar refractivity (Wildman–Crippen MR) is 163 cm³/mol. The molecular weight excluding hydrogens is 542 g/mol. The number of carbonyl (C=O) groups is 1. The van der Waals surface area contributed by atoms with E-state index in [1.165, 1.54) is 7.11 Å². The van der Waals surface area contributed by atoms with Crippen LogP contribution in [0.25, 0.3) is 0 Å². The van der Waals surface area contributed by atoms with Gasteiger partial charge in [-0.3, -0.25) is 4.79 Å². The molecule has 2 fully saturated rings. The van der Waals surface area contributed by atoms with Crippen LogP contribution in [-0.4, -0.2) is 33.4 Å². The first-order valence-corrected chi connectivity index (χ1v) is 15.2. The van der Waals surface area contributed by atoms with Crippen LogP contribution in [0.2, 0.25) is 0 Å². The van der Waals surface area contributed by atoms with Crippen molar-refractivity contribution in [1.29, 1.82) is 5.26 Å². The molecule has 2 aliphatic rings. The van der Waals surface area contributed by atoms with Gasteiger partial charge in [-0.05, 0) is 98.2 Å². The second-order valence-electron chi connectivity index (χ2n) is 11.7. The van der Waals surface area contributed by atoms with Crippen LogP contribution in [0.3, 0.4) is 0 Å². The number of methoxy groups -OCH3 is 3. The molecule has 0 N–H and O–H groups in total. The Kier molecular flexibility index (Phi) is 9.76. The summed E-state index contributed by atoms with van der Waals surface area (Å²) >= 11 is 0. The summed E-state index contributed by atoms with van der Waals surface area (Å²) in [5.74, 6) is 2.00. The second kappa shape index (κ2) is 13.9. The van der Waals surface area contributed by atoms with E-state index < -0.39 is 5.41 Å². The van der Waals surface area contributed by atoms with E-state index >= 15 is 0 Å². The van der Waals surface area contributed by atoms with Gasteiger partial charge in [0.25, 0.3) is 0 Å². The monoisotopic (exact) mass is 583 g/mol. The van der Waals surface area contributed by atoms with E-state index in [1.54, 1.807) is 14.2 Å². The Hall–Kier alpha value is -4.18. The highest BCUT2D eigenvalue weighted by Crippen LogP contribution is 2.48. The molecule has 0 radical (unpaired) electrons. The van der Waals surface area contributed by atoms with Gasteiger partial charge in [-0.2, -0.15) is 5.26 Å². The summed E-state index contributed by atoms with van der Waals surface area (Å²) in [6.45, 7) is 0.433. The minimum absolute atomic E-state index is 0.108. The second-order valence-corrected chi connectivity index (χ2v) is 11.7. The maximum Gasteiger partial charge on any atom is 0.308 e. The van der Waals surface area contributed by atoms with Gasteiger partial charge in [0, 0.05) is 0 Å². The Morgan fingerprint density at radius 1 is 0.860 bits per heavy atom. The standard InChI is InChI=1S/C36H41NO6/c1-39-31-16-14-28(21-34(31)43-29-11-7-8-12-29)36(24-37)18-17-30(35(38)41-3)27(22-36)19-26-13-15-32(33(20-26)40-2)42-23-25-9-5-4-6-10-25/h4-6,9-10,13-16,20-21,27,29-30H,7-8,11-12,17-19,22-23H2,1-3H3. The summed E-state index contributed by atoms with van der Waals surface area (Å²) < 4.78 is 28.9. The molecule has 7 nitrogen and oxygen atoms in total. The predicted octanol–water partition coefficient (Wildman–Crippen LogP) is 7.20. The summed E-state index contributed by atoms with van der Waals surface area (Å²) in [7, 11) is 4.70. The van der Waals surface area contributed by atoms with E-state index in [-0.39, 0.29) is 23.9 Å². The van der Waals surface area contributed by atoms with E-state index in [4.69, 9.17) is 23.7 Å². The fraction of sp³-hybridized carbons (Fsp3) is 0.444. The van der Waals surface area contributed by atoms with Gasteiger partial charge in [-0.1, -0.05) is 42.5 Å². The Balaban J connectivity index is 1.39. The average molecular weight is 584 g/mol. The van der Waals surface area contributed by atoms with Crippen LogP contribution in [0.1, 0.15) is 61.6 Å². The number of nitrogens with zero attached hydrogens (tertiary/aromatic N) is 1. The number of carbonyl (C=O) groups excluding carboxylic acids is 1. The molecule has 226 valence electrons. The van der Waals surface area contributed by atoms with Crippen LogP contribution in [0.5, 0.6) is 23.0 Å². The molecule has 3 aromatic carbocycles. The molecule has 7 heteroatoms. The minimum atomic E-state index is -0.766. The fourth-order valence-electron chi connectivity index (χ4n) is 6.68. The molecule has 3 atom stereocenters. The number of esters is 1. The lowest BCUT2D eigenvalue weighted by molar-refractivity contribution is -0.149. The third-order valence-corrected chi connectivity index (χ3v) is 9.05. The first kappa shape index (κ1) is 30.3. The number of hydrogen-bond donors (Lipinski definition) is 0.